The molecule has 26 heavy (non-hydrogen) atoms. The van der Waals surface area contributed by atoms with Crippen LogP contribution < -0.4 is 11.0 Å². The quantitative estimate of drug-likeness (QED) is 0.592. The van der Waals surface area contributed by atoms with E-state index in [1.807, 2.05) is 34.9 Å². The molecular formula is C20H19ClN4O. The minimum absolute atomic E-state index is 0. The summed E-state index contributed by atoms with van der Waals surface area (Å²) in [4.78, 5) is 17.8. The fourth-order valence-corrected chi connectivity index (χ4v) is 3.80. The molecule has 1 atom stereocenters. The summed E-state index contributed by atoms with van der Waals surface area (Å²) in [6.07, 6.45) is 2.71. The summed E-state index contributed by atoms with van der Waals surface area (Å²) in [5, 5.41) is 5.63. The Bertz CT molecular complexity index is 1140. The molecule has 6 heteroatoms. The van der Waals surface area contributed by atoms with Crippen molar-refractivity contribution in [1.82, 2.24) is 19.4 Å². The van der Waals surface area contributed by atoms with E-state index in [1.54, 1.807) is 10.8 Å². The summed E-state index contributed by atoms with van der Waals surface area (Å²) >= 11 is 0. The van der Waals surface area contributed by atoms with Crippen molar-refractivity contribution in [2.45, 2.75) is 12.5 Å². The van der Waals surface area contributed by atoms with E-state index < -0.39 is 0 Å². The summed E-state index contributed by atoms with van der Waals surface area (Å²) < 4.78 is 3.64. The van der Waals surface area contributed by atoms with E-state index in [4.69, 9.17) is 0 Å². The van der Waals surface area contributed by atoms with Gasteiger partial charge >= 0.3 is 5.69 Å². The van der Waals surface area contributed by atoms with Crippen molar-refractivity contribution in [3.8, 4) is 5.69 Å². The van der Waals surface area contributed by atoms with E-state index >= 15 is 0 Å². The van der Waals surface area contributed by atoms with Gasteiger partial charge in [-0.15, -0.1) is 12.4 Å². The van der Waals surface area contributed by atoms with Gasteiger partial charge in [-0.3, -0.25) is 9.13 Å². The molecule has 1 aliphatic heterocycles. The molecule has 0 aliphatic carbocycles. The Hall–Kier alpha value is -2.63. The number of halogens is 1. The maximum atomic E-state index is 13.3. The van der Waals surface area contributed by atoms with Crippen LogP contribution in [-0.2, 0) is 0 Å². The predicted octanol–water partition coefficient (Wildman–Crippen LogP) is 3.30. The van der Waals surface area contributed by atoms with Gasteiger partial charge in [-0.1, -0.05) is 30.3 Å². The normalized spacial score (nSPS) is 16.8. The van der Waals surface area contributed by atoms with E-state index in [1.165, 1.54) is 5.39 Å². The third-order valence-electron chi connectivity index (χ3n) is 5.02. The number of nitrogens with zero attached hydrogens (tertiary/aromatic N) is 3. The fraction of sp³-hybridized carbons (Fsp3) is 0.200. The van der Waals surface area contributed by atoms with E-state index in [0.29, 0.717) is 0 Å². The number of imidazole rings is 1. The zero-order valence-corrected chi connectivity index (χ0v) is 14.9. The van der Waals surface area contributed by atoms with Crippen molar-refractivity contribution in [2.24, 2.45) is 0 Å². The molecule has 5 rings (SSSR count). The summed E-state index contributed by atoms with van der Waals surface area (Å²) in [6.45, 7) is 1.75. The van der Waals surface area contributed by atoms with Gasteiger partial charge in [0.25, 0.3) is 0 Å². The molecular weight excluding hydrogens is 348 g/mol. The molecule has 0 saturated carbocycles. The molecule has 0 unspecified atom stereocenters. The molecule has 0 bridgehead atoms. The molecule has 132 valence electrons. The number of aromatic nitrogens is 3. The average molecular weight is 367 g/mol. The van der Waals surface area contributed by atoms with Crippen LogP contribution in [-0.4, -0.2) is 27.2 Å². The van der Waals surface area contributed by atoms with Gasteiger partial charge in [0.2, 0.25) is 0 Å². The van der Waals surface area contributed by atoms with Crippen LogP contribution in [0.3, 0.4) is 0 Å². The van der Waals surface area contributed by atoms with Crippen LogP contribution in [0.4, 0.5) is 0 Å². The standard InChI is InChI=1S/C20H18N4O.ClH/c25-20-23(16-8-7-14-4-1-2-5-15(14)12-16)18-6-3-10-22-19(18)24(20)17-9-11-21-13-17;/h1-8,10,12,17,21H,9,11,13H2;1H/t17-;/m0./s1. The first kappa shape index (κ1) is 16.8. The molecule has 4 aromatic rings. The number of pyridine rings is 1. The number of fused-ring (bicyclic) bond motifs is 2. The van der Waals surface area contributed by atoms with Gasteiger partial charge in [0, 0.05) is 12.7 Å². The smallest absolute Gasteiger partial charge is 0.315 e. The second-order valence-electron chi connectivity index (χ2n) is 6.51. The monoisotopic (exact) mass is 366 g/mol. The molecule has 5 nitrogen and oxygen atoms in total. The molecule has 3 heterocycles. The van der Waals surface area contributed by atoms with Gasteiger partial charge < -0.3 is 5.32 Å². The van der Waals surface area contributed by atoms with E-state index in [-0.39, 0.29) is 24.1 Å². The van der Waals surface area contributed by atoms with Crippen molar-refractivity contribution in [2.75, 3.05) is 13.1 Å². The Morgan fingerprint density at radius 2 is 1.88 bits per heavy atom. The Labute approximate surface area is 156 Å². The zero-order chi connectivity index (χ0) is 16.8. The van der Waals surface area contributed by atoms with Crippen LogP contribution in [0.25, 0.3) is 27.6 Å². The van der Waals surface area contributed by atoms with E-state index in [0.717, 1.165) is 41.7 Å². The van der Waals surface area contributed by atoms with Crippen molar-refractivity contribution in [1.29, 1.82) is 0 Å². The topological polar surface area (TPSA) is 51.9 Å². The highest BCUT2D eigenvalue weighted by atomic mass is 35.5. The Morgan fingerprint density at radius 3 is 2.69 bits per heavy atom. The highest BCUT2D eigenvalue weighted by Crippen LogP contribution is 2.24. The van der Waals surface area contributed by atoms with Crippen LogP contribution in [0, 0.1) is 0 Å². The molecule has 1 saturated heterocycles. The Balaban J connectivity index is 0.00000168. The van der Waals surface area contributed by atoms with E-state index in [2.05, 4.69) is 34.6 Å². The lowest BCUT2D eigenvalue weighted by Crippen LogP contribution is -2.28. The highest BCUT2D eigenvalue weighted by Gasteiger charge is 2.24. The third-order valence-corrected chi connectivity index (χ3v) is 5.02. The lowest BCUT2D eigenvalue weighted by atomic mass is 10.1. The van der Waals surface area contributed by atoms with E-state index in [9.17, 15) is 4.79 Å². The van der Waals surface area contributed by atoms with Crippen LogP contribution >= 0.6 is 12.4 Å². The van der Waals surface area contributed by atoms with Gasteiger partial charge in [-0.25, -0.2) is 9.78 Å². The SMILES string of the molecule is Cl.O=c1n(-c2ccc3ccccc3c2)c2cccnc2n1[C@H]1CCNC1. The minimum Gasteiger partial charge on any atom is -0.315 e. The first-order valence-electron chi connectivity index (χ1n) is 8.61. The molecule has 2 aromatic heterocycles. The number of hydrogen-bond acceptors (Lipinski definition) is 3. The van der Waals surface area contributed by atoms with Crippen LogP contribution in [0.5, 0.6) is 0 Å². The van der Waals surface area contributed by atoms with Crippen LogP contribution in [0.2, 0.25) is 0 Å². The largest absolute Gasteiger partial charge is 0.335 e. The van der Waals surface area contributed by atoms with Crippen molar-refractivity contribution in [3.05, 3.63) is 71.3 Å². The predicted molar refractivity (Wildman–Crippen MR) is 107 cm³/mol. The minimum atomic E-state index is -0.0160. The third kappa shape index (κ3) is 2.52. The highest BCUT2D eigenvalue weighted by molar-refractivity contribution is 5.86. The Morgan fingerprint density at radius 1 is 1.04 bits per heavy atom. The van der Waals surface area contributed by atoms with Crippen molar-refractivity contribution >= 4 is 34.3 Å². The number of nitrogens with one attached hydrogen (secondary N) is 1. The number of benzene rings is 2. The maximum absolute atomic E-state index is 13.3. The average Bonchev–Trinajstić information content (AvgIpc) is 3.26. The first-order valence-corrected chi connectivity index (χ1v) is 8.61. The van der Waals surface area contributed by atoms with Crippen molar-refractivity contribution < 1.29 is 0 Å². The molecule has 1 fully saturated rings. The van der Waals surface area contributed by atoms with Crippen molar-refractivity contribution in [3.63, 3.8) is 0 Å². The molecule has 1 N–H and O–H groups in total. The Kier molecular flexibility index (Phi) is 4.26. The second-order valence-corrected chi connectivity index (χ2v) is 6.51. The number of hydrogen-bond donors (Lipinski definition) is 1. The lowest BCUT2D eigenvalue weighted by molar-refractivity contribution is 0.537. The maximum Gasteiger partial charge on any atom is 0.335 e. The van der Waals surface area contributed by atoms with Gasteiger partial charge in [0.05, 0.1) is 17.2 Å². The van der Waals surface area contributed by atoms with Crippen LogP contribution in [0.1, 0.15) is 12.5 Å². The summed E-state index contributed by atoms with van der Waals surface area (Å²) in [7, 11) is 0. The number of rotatable bonds is 2. The second kappa shape index (κ2) is 6.59. The lowest BCUT2D eigenvalue weighted by Gasteiger charge is -2.09. The first-order chi connectivity index (χ1) is 12.3. The molecule has 1 aliphatic rings. The molecule has 0 amide bonds. The molecule has 2 aromatic carbocycles. The zero-order valence-electron chi connectivity index (χ0n) is 14.1. The van der Waals surface area contributed by atoms with Gasteiger partial charge in [0.1, 0.15) is 0 Å². The molecule has 0 spiro atoms. The van der Waals surface area contributed by atoms with Gasteiger partial charge in [0.15, 0.2) is 5.65 Å². The van der Waals surface area contributed by atoms with Crippen LogP contribution in [0.15, 0.2) is 65.6 Å². The molecule has 0 radical (unpaired) electrons. The fourth-order valence-electron chi connectivity index (χ4n) is 3.80. The van der Waals surface area contributed by atoms with Gasteiger partial charge in [-0.2, -0.15) is 0 Å². The summed E-state index contributed by atoms with van der Waals surface area (Å²) in [5.74, 6) is 0. The van der Waals surface area contributed by atoms with Gasteiger partial charge in [-0.05, 0) is 48.0 Å². The summed E-state index contributed by atoms with van der Waals surface area (Å²) in [6, 6.07) is 18.3. The summed E-state index contributed by atoms with van der Waals surface area (Å²) in [5.41, 5.74) is 2.48.